The second-order valence-electron chi connectivity index (χ2n) is 9.66. The van der Waals surface area contributed by atoms with Crippen molar-refractivity contribution in [1.82, 2.24) is 4.90 Å². The number of anilines is 1. The van der Waals surface area contributed by atoms with E-state index >= 15 is 0 Å². The summed E-state index contributed by atoms with van der Waals surface area (Å²) in [5.41, 5.74) is 4.74. The Kier molecular flexibility index (Phi) is 7.69. The van der Waals surface area contributed by atoms with Gasteiger partial charge in [-0.05, 0) is 75.2 Å². The molecule has 0 N–H and O–H groups in total. The van der Waals surface area contributed by atoms with Gasteiger partial charge in [-0.3, -0.25) is 9.59 Å². The Hall–Kier alpha value is -3.15. The molecule has 3 aromatic rings. The molecule has 0 unspecified atom stereocenters. The van der Waals surface area contributed by atoms with E-state index in [1.54, 1.807) is 0 Å². The van der Waals surface area contributed by atoms with Crippen molar-refractivity contribution in [3.8, 4) is 0 Å². The van der Waals surface area contributed by atoms with Crippen LogP contribution in [0.5, 0.6) is 0 Å². The van der Waals surface area contributed by atoms with E-state index in [0.717, 1.165) is 53.3 Å². The van der Waals surface area contributed by atoms with Gasteiger partial charge in [0.15, 0.2) is 5.78 Å². The van der Waals surface area contributed by atoms with Crippen molar-refractivity contribution in [2.24, 2.45) is 0 Å². The molecular formula is C31H32N2O2S. The van der Waals surface area contributed by atoms with Crippen molar-refractivity contribution >= 4 is 35.2 Å². The van der Waals surface area contributed by atoms with Crippen LogP contribution in [0.4, 0.5) is 5.69 Å². The van der Waals surface area contributed by atoms with Gasteiger partial charge in [0.2, 0.25) is 0 Å². The number of fused-ring (bicyclic) bond motifs is 1. The van der Waals surface area contributed by atoms with Crippen molar-refractivity contribution < 1.29 is 9.59 Å². The van der Waals surface area contributed by atoms with E-state index in [9.17, 15) is 9.59 Å². The van der Waals surface area contributed by atoms with Crippen molar-refractivity contribution in [3.05, 3.63) is 100.0 Å². The topological polar surface area (TPSA) is 40.6 Å². The van der Waals surface area contributed by atoms with Crippen LogP contribution in [0.2, 0.25) is 0 Å². The second-order valence-corrected chi connectivity index (χ2v) is 10.7. The van der Waals surface area contributed by atoms with E-state index in [-0.39, 0.29) is 11.7 Å². The van der Waals surface area contributed by atoms with Crippen molar-refractivity contribution in [2.45, 2.75) is 44.0 Å². The van der Waals surface area contributed by atoms with Gasteiger partial charge in [0.05, 0.1) is 17.1 Å². The van der Waals surface area contributed by atoms with Crippen molar-refractivity contribution in [3.63, 3.8) is 0 Å². The second kappa shape index (κ2) is 11.3. The van der Waals surface area contributed by atoms with Gasteiger partial charge in [0.1, 0.15) is 0 Å². The van der Waals surface area contributed by atoms with E-state index < -0.39 is 0 Å². The molecule has 2 aliphatic heterocycles. The summed E-state index contributed by atoms with van der Waals surface area (Å²) < 4.78 is 0. The molecule has 0 aliphatic carbocycles. The largest absolute Gasteiger partial charge is 0.303 e. The molecule has 4 nitrogen and oxygen atoms in total. The number of nitrogens with zero attached hydrogens (tertiary/aromatic N) is 2. The molecule has 1 fully saturated rings. The smallest absolute Gasteiger partial charge is 0.265 e. The molecule has 1 saturated heterocycles. The molecule has 3 aromatic carbocycles. The fraction of sp³-hybridized carbons (Fsp3) is 0.290. The van der Waals surface area contributed by atoms with Gasteiger partial charge in [-0.2, -0.15) is 0 Å². The first kappa shape index (κ1) is 24.5. The van der Waals surface area contributed by atoms with Crippen molar-refractivity contribution in [1.29, 1.82) is 0 Å². The molecular weight excluding hydrogens is 464 g/mol. The zero-order valence-corrected chi connectivity index (χ0v) is 21.6. The van der Waals surface area contributed by atoms with Gasteiger partial charge in [-0.1, -0.05) is 78.0 Å². The molecule has 2 heterocycles. The van der Waals surface area contributed by atoms with E-state index in [1.807, 2.05) is 65.6 Å². The molecule has 0 atom stereocenters. The number of benzene rings is 3. The Morgan fingerprint density at radius 1 is 0.972 bits per heavy atom. The maximum absolute atomic E-state index is 13.7. The third-order valence-corrected chi connectivity index (χ3v) is 7.92. The standard InChI is InChI=1S/C31H32N2O2S/c1-23-9-7-12-25(19-23)22-33-27-21-26(28(34)13-8-18-32-16-5-6-17-32)14-15-29(27)36-30(31(33)35)20-24-10-3-2-4-11-24/h2-4,7,9-12,14-15,19-21H,5-6,8,13,16-18,22H2,1H3/b30-20-. The summed E-state index contributed by atoms with van der Waals surface area (Å²) in [6.07, 6.45) is 5.90. The number of amides is 1. The minimum absolute atomic E-state index is 0.0310. The van der Waals surface area contributed by atoms with Gasteiger partial charge in [0.25, 0.3) is 5.91 Å². The van der Waals surface area contributed by atoms with Crippen LogP contribution >= 0.6 is 11.8 Å². The summed E-state index contributed by atoms with van der Waals surface area (Å²) in [4.78, 5) is 32.7. The summed E-state index contributed by atoms with van der Waals surface area (Å²) in [5.74, 6) is 0.118. The van der Waals surface area contributed by atoms with Crippen LogP contribution in [0, 0.1) is 6.92 Å². The molecule has 0 radical (unpaired) electrons. The Morgan fingerprint density at radius 3 is 2.56 bits per heavy atom. The highest BCUT2D eigenvalue weighted by molar-refractivity contribution is 8.04. The van der Waals surface area contributed by atoms with Crippen LogP contribution in [0.3, 0.4) is 0 Å². The van der Waals surface area contributed by atoms with Crippen molar-refractivity contribution in [2.75, 3.05) is 24.5 Å². The van der Waals surface area contributed by atoms with Gasteiger partial charge in [0, 0.05) is 16.9 Å². The Morgan fingerprint density at radius 2 is 1.78 bits per heavy atom. The number of aryl methyl sites for hydroxylation is 1. The first-order valence-electron chi connectivity index (χ1n) is 12.8. The Labute approximate surface area is 218 Å². The average molecular weight is 497 g/mol. The summed E-state index contributed by atoms with van der Waals surface area (Å²) in [6, 6.07) is 24.0. The zero-order chi connectivity index (χ0) is 24.9. The van der Waals surface area contributed by atoms with Crippen LogP contribution in [-0.2, 0) is 11.3 Å². The van der Waals surface area contributed by atoms with Crippen LogP contribution in [0.1, 0.15) is 52.7 Å². The third-order valence-electron chi connectivity index (χ3n) is 6.84. The summed E-state index contributed by atoms with van der Waals surface area (Å²) in [5, 5.41) is 0. The lowest BCUT2D eigenvalue weighted by Crippen LogP contribution is -2.34. The monoisotopic (exact) mass is 496 g/mol. The van der Waals surface area contributed by atoms with Crippen LogP contribution < -0.4 is 4.90 Å². The van der Waals surface area contributed by atoms with Gasteiger partial charge in [-0.15, -0.1) is 0 Å². The maximum Gasteiger partial charge on any atom is 0.265 e. The molecule has 0 spiro atoms. The minimum Gasteiger partial charge on any atom is -0.303 e. The van der Waals surface area contributed by atoms with E-state index in [2.05, 4.69) is 30.0 Å². The fourth-order valence-electron chi connectivity index (χ4n) is 4.95. The first-order chi connectivity index (χ1) is 17.6. The number of likely N-dealkylation sites (tertiary alicyclic amines) is 1. The highest BCUT2D eigenvalue weighted by atomic mass is 32.2. The SMILES string of the molecule is Cc1cccc(CN2C(=O)/C(=C/c3ccccc3)Sc3ccc(C(=O)CCCN4CCCC4)cc32)c1. The number of ketones is 1. The van der Waals surface area contributed by atoms with Gasteiger partial charge < -0.3 is 9.80 Å². The third kappa shape index (κ3) is 5.80. The summed E-state index contributed by atoms with van der Waals surface area (Å²) in [6.45, 7) is 5.81. The minimum atomic E-state index is -0.0310. The summed E-state index contributed by atoms with van der Waals surface area (Å²) >= 11 is 1.48. The number of carbonyl (C=O) groups excluding carboxylic acids is 2. The van der Waals surface area contributed by atoms with Crippen LogP contribution in [-0.4, -0.2) is 36.2 Å². The van der Waals surface area contributed by atoms with Crippen LogP contribution in [0.25, 0.3) is 6.08 Å². The number of Topliss-reactive ketones (excluding diaryl/α,β-unsaturated/α-hetero) is 1. The molecule has 0 aromatic heterocycles. The quantitative estimate of drug-likeness (QED) is 0.256. The summed E-state index contributed by atoms with van der Waals surface area (Å²) in [7, 11) is 0. The number of thioether (sulfide) groups is 1. The average Bonchev–Trinajstić information content (AvgIpc) is 3.40. The highest BCUT2D eigenvalue weighted by Crippen LogP contribution is 2.43. The number of rotatable bonds is 8. The maximum atomic E-state index is 13.7. The van der Waals surface area contributed by atoms with E-state index in [0.29, 0.717) is 23.4 Å². The molecule has 36 heavy (non-hydrogen) atoms. The predicted octanol–water partition coefficient (Wildman–Crippen LogP) is 6.73. The number of hydrogen-bond donors (Lipinski definition) is 0. The lowest BCUT2D eigenvalue weighted by molar-refractivity contribution is -0.114. The molecule has 0 bridgehead atoms. The Balaban J connectivity index is 1.42. The molecule has 184 valence electrons. The lowest BCUT2D eigenvalue weighted by atomic mass is 10.0. The normalized spacial score (nSPS) is 17.0. The van der Waals surface area contributed by atoms with E-state index in [4.69, 9.17) is 0 Å². The molecule has 2 aliphatic rings. The van der Waals surface area contributed by atoms with E-state index in [1.165, 1.54) is 24.6 Å². The zero-order valence-electron chi connectivity index (χ0n) is 20.8. The molecule has 5 heteroatoms. The molecule has 1 amide bonds. The van der Waals surface area contributed by atoms with Gasteiger partial charge in [-0.25, -0.2) is 0 Å². The van der Waals surface area contributed by atoms with Crippen LogP contribution in [0.15, 0.2) is 82.6 Å². The number of hydrogen-bond acceptors (Lipinski definition) is 4. The Bertz CT molecular complexity index is 1280. The molecule has 0 saturated carbocycles. The predicted molar refractivity (Wildman–Crippen MR) is 148 cm³/mol. The first-order valence-corrected chi connectivity index (χ1v) is 13.6. The number of carbonyl (C=O) groups is 2. The lowest BCUT2D eigenvalue weighted by Gasteiger charge is -2.31. The molecule has 5 rings (SSSR count). The fourth-order valence-corrected chi connectivity index (χ4v) is 5.99. The van der Waals surface area contributed by atoms with Gasteiger partial charge >= 0.3 is 0 Å². The highest BCUT2D eigenvalue weighted by Gasteiger charge is 2.30.